The standard InChI is InChI=1S/C63H122O17P2/c1-6-9-12-15-18-21-23-24-25-26-27-29-32-38-43-48-62(67)79-58(52-74-61(66)47-42-37-31-28-22-19-16-13-10-7-2)54-77-81(69,70)75-50-57(64)51-76-82(71,72)78-55-59(53-73-60(65)46-41-36-30-20-17-14-11-8-3)80-63(68)49-44-39-34-33-35-40-45-56(4)5/h56-59,64H,6-55H2,1-5H3,(H,69,70)(H,71,72)/t57-,58-,59-/m1/s1. The van der Waals surface area contributed by atoms with Crippen LogP contribution in [0.5, 0.6) is 0 Å². The van der Waals surface area contributed by atoms with Crippen molar-refractivity contribution in [3.8, 4) is 0 Å². The molecule has 486 valence electrons. The van der Waals surface area contributed by atoms with Crippen molar-refractivity contribution in [3.63, 3.8) is 0 Å². The van der Waals surface area contributed by atoms with Crippen molar-refractivity contribution in [2.45, 2.75) is 335 Å². The molecule has 0 aliphatic carbocycles. The maximum absolute atomic E-state index is 13.0. The molecule has 3 N–H and O–H groups in total. The van der Waals surface area contributed by atoms with E-state index in [9.17, 15) is 43.2 Å². The highest BCUT2D eigenvalue weighted by atomic mass is 31.2. The van der Waals surface area contributed by atoms with Gasteiger partial charge in [0.05, 0.1) is 26.4 Å². The van der Waals surface area contributed by atoms with Gasteiger partial charge >= 0.3 is 39.5 Å². The number of aliphatic hydroxyl groups excluding tert-OH is 1. The summed E-state index contributed by atoms with van der Waals surface area (Å²) in [7, 11) is -9.88. The zero-order valence-corrected chi connectivity index (χ0v) is 54.4. The number of carbonyl (C=O) groups is 4. The van der Waals surface area contributed by atoms with Gasteiger partial charge in [-0.05, 0) is 31.6 Å². The topological polar surface area (TPSA) is 237 Å². The highest BCUT2D eigenvalue weighted by molar-refractivity contribution is 7.47. The van der Waals surface area contributed by atoms with Crippen LogP contribution in [0.2, 0.25) is 0 Å². The Balaban J connectivity index is 5.20. The molecule has 0 amide bonds. The van der Waals surface area contributed by atoms with E-state index in [1.165, 1.54) is 135 Å². The zero-order valence-electron chi connectivity index (χ0n) is 52.6. The van der Waals surface area contributed by atoms with Crippen LogP contribution < -0.4 is 0 Å². The number of phosphoric acid groups is 2. The normalized spacial score (nSPS) is 14.3. The first kappa shape index (κ1) is 80.1. The summed E-state index contributed by atoms with van der Waals surface area (Å²) in [4.78, 5) is 72.0. The number of phosphoric ester groups is 2. The highest BCUT2D eigenvalue weighted by Crippen LogP contribution is 2.45. The van der Waals surface area contributed by atoms with Gasteiger partial charge in [-0.2, -0.15) is 0 Å². The van der Waals surface area contributed by atoms with E-state index in [-0.39, 0.29) is 25.7 Å². The minimum absolute atomic E-state index is 0.102. The van der Waals surface area contributed by atoms with E-state index in [4.69, 9.17) is 37.0 Å². The van der Waals surface area contributed by atoms with Crippen molar-refractivity contribution in [2.24, 2.45) is 5.92 Å². The summed E-state index contributed by atoms with van der Waals surface area (Å²) >= 11 is 0. The van der Waals surface area contributed by atoms with Crippen LogP contribution in [-0.4, -0.2) is 96.7 Å². The van der Waals surface area contributed by atoms with Crippen molar-refractivity contribution in [2.75, 3.05) is 39.6 Å². The number of rotatable bonds is 63. The molecule has 0 aromatic carbocycles. The Kier molecular flexibility index (Phi) is 55.5. The molecule has 0 radical (unpaired) electrons. The maximum atomic E-state index is 13.0. The number of hydrogen-bond donors (Lipinski definition) is 3. The third-order valence-electron chi connectivity index (χ3n) is 14.5. The van der Waals surface area contributed by atoms with Gasteiger partial charge in [-0.3, -0.25) is 37.3 Å². The van der Waals surface area contributed by atoms with Crippen LogP contribution in [0.3, 0.4) is 0 Å². The average molecular weight is 1210 g/mol. The maximum Gasteiger partial charge on any atom is 0.472 e. The zero-order chi connectivity index (χ0) is 60.6. The van der Waals surface area contributed by atoms with Crippen LogP contribution >= 0.6 is 15.6 Å². The molecule has 19 heteroatoms. The van der Waals surface area contributed by atoms with Gasteiger partial charge in [0, 0.05) is 25.7 Å². The van der Waals surface area contributed by atoms with Gasteiger partial charge in [0.15, 0.2) is 12.2 Å². The molecule has 0 aromatic heterocycles. The van der Waals surface area contributed by atoms with Crippen molar-refractivity contribution in [3.05, 3.63) is 0 Å². The summed E-state index contributed by atoms with van der Waals surface area (Å²) < 4.78 is 67.9. The first-order valence-electron chi connectivity index (χ1n) is 33.1. The molecule has 0 saturated heterocycles. The molecule has 0 aliphatic rings. The molecule has 5 atom stereocenters. The molecular formula is C63H122O17P2. The fourth-order valence-corrected chi connectivity index (χ4v) is 11.0. The second kappa shape index (κ2) is 56.8. The SMILES string of the molecule is CCCCCCCCCCCCCCCCCC(=O)O[C@H](COC(=O)CCCCCCCCCCCC)COP(=O)(O)OC[C@@H](O)COP(=O)(O)OC[C@@H](COC(=O)CCCCCCCCCC)OC(=O)CCCCCCCCC(C)C. The minimum Gasteiger partial charge on any atom is -0.462 e. The second-order valence-corrected chi connectivity index (χ2v) is 26.2. The van der Waals surface area contributed by atoms with E-state index in [1.807, 2.05) is 0 Å². The van der Waals surface area contributed by atoms with E-state index >= 15 is 0 Å². The number of esters is 4. The Morgan fingerprint density at radius 3 is 0.829 bits per heavy atom. The molecule has 0 bridgehead atoms. The lowest BCUT2D eigenvalue weighted by Gasteiger charge is -2.21. The minimum atomic E-state index is -4.94. The molecule has 2 unspecified atom stereocenters. The summed E-state index contributed by atoms with van der Waals surface area (Å²) in [5.41, 5.74) is 0. The van der Waals surface area contributed by atoms with Crippen LogP contribution in [-0.2, 0) is 65.4 Å². The number of aliphatic hydroxyl groups is 1. The van der Waals surface area contributed by atoms with E-state index < -0.39 is 97.5 Å². The van der Waals surface area contributed by atoms with Gasteiger partial charge in [0.2, 0.25) is 0 Å². The Morgan fingerprint density at radius 2 is 0.561 bits per heavy atom. The van der Waals surface area contributed by atoms with E-state index in [0.717, 1.165) is 96.3 Å². The first-order valence-corrected chi connectivity index (χ1v) is 36.1. The number of hydrogen-bond acceptors (Lipinski definition) is 15. The lowest BCUT2D eigenvalue weighted by molar-refractivity contribution is -0.161. The third kappa shape index (κ3) is 57.2. The number of carbonyl (C=O) groups excluding carboxylic acids is 4. The quantitative estimate of drug-likeness (QED) is 0.0222. The van der Waals surface area contributed by atoms with Gasteiger partial charge in [0.1, 0.15) is 19.3 Å². The van der Waals surface area contributed by atoms with Crippen LogP contribution in [0.15, 0.2) is 0 Å². The number of unbranched alkanes of at least 4 members (excludes halogenated alkanes) is 35. The van der Waals surface area contributed by atoms with Crippen LogP contribution in [0.4, 0.5) is 0 Å². The molecule has 0 aliphatic heterocycles. The molecule has 0 rings (SSSR count). The van der Waals surface area contributed by atoms with Crippen molar-refractivity contribution in [1.29, 1.82) is 0 Å². The lowest BCUT2D eigenvalue weighted by atomic mass is 10.0. The summed E-state index contributed by atoms with van der Waals surface area (Å²) in [6, 6.07) is 0. The first-order chi connectivity index (χ1) is 39.5. The van der Waals surface area contributed by atoms with Crippen molar-refractivity contribution >= 4 is 39.5 Å². The van der Waals surface area contributed by atoms with E-state index in [0.29, 0.717) is 31.6 Å². The largest absolute Gasteiger partial charge is 0.472 e. The molecule has 0 heterocycles. The predicted molar refractivity (Wildman–Crippen MR) is 326 cm³/mol. The Labute approximate surface area is 498 Å². The Morgan fingerprint density at radius 1 is 0.329 bits per heavy atom. The summed E-state index contributed by atoms with van der Waals surface area (Å²) in [5.74, 6) is -1.47. The molecule has 0 saturated carbocycles. The molecule has 0 aromatic rings. The summed E-state index contributed by atoms with van der Waals surface area (Å²) in [6.45, 7) is 7.07. The fourth-order valence-electron chi connectivity index (χ4n) is 9.41. The van der Waals surface area contributed by atoms with Gasteiger partial charge in [0.25, 0.3) is 0 Å². The van der Waals surface area contributed by atoms with Crippen molar-refractivity contribution < 1.29 is 80.2 Å². The Bertz CT molecular complexity index is 1600. The van der Waals surface area contributed by atoms with E-state index in [1.54, 1.807) is 0 Å². The van der Waals surface area contributed by atoms with Gasteiger partial charge in [-0.1, -0.05) is 266 Å². The van der Waals surface area contributed by atoms with Crippen molar-refractivity contribution in [1.82, 2.24) is 0 Å². The second-order valence-electron chi connectivity index (χ2n) is 23.3. The van der Waals surface area contributed by atoms with Gasteiger partial charge in [-0.15, -0.1) is 0 Å². The fraction of sp³-hybridized carbons (Fsp3) is 0.937. The molecular weight excluding hydrogens is 1090 g/mol. The molecule has 82 heavy (non-hydrogen) atoms. The van der Waals surface area contributed by atoms with Gasteiger partial charge < -0.3 is 33.8 Å². The van der Waals surface area contributed by atoms with Gasteiger partial charge in [-0.25, -0.2) is 9.13 Å². The van der Waals surface area contributed by atoms with E-state index in [2.05, 4.69) is 34.6 Å². The Hall–Kier alpha value is -1.94. The third-order valence-corrected chi connectivity index (χ3v) is 16.4. The highest BCUT2D eigenvalue weighted by Gasteiger charge is 2.30. The van der Waals surface area contributed by atoms with Crippen LogP contribution in [0.25, 0.3) is 0 Å². The van der Waals surface area contributed by atoms with Crippen LogP contribution in [0, 0.1) is 5.92 Å². The average Bonchev–Trinajstić information content (AvgIpc) is 3.45. The van der Waals surface area contributed by atoms with Crippen LogP contribution in [0.1, 0.15) is 317 Å². The monoisotopic (exact) mass is 1210 g/mol. The summed E-state index contributed by atoms with van der Waals surface area (Å²) in [6.07, 6.45) is 40.5. The predicted octanol–water partition coefficient (Wildman–Crippen LogP) is 17.4. The summed E-state index contributed by atoms with van der Waals surface area (Å²) in [5, 5.41) is 10.5. The lowest BCUT2D eigenvalue weighted by Crippen LogP contribution is -2.30. The number of ether oxygens (including phenoxy) is 4. The molecule has 0 fully saturated rings. The molecule has 0 spiro atoms. The molecule has 17 nitrogen and oxygen atoms in total. The smallest absolute Gasteiger partial charge is 0.462 e.